The van der Waals surface area contributed by atoms with Crippen LogP contribution in [0.25, 0.3) is 0 Å². The molecule has 1 rings (SSSR count). The molecule has 1 N–H and O–H groups in total. The van der Waals surface area contributed by atoms with Crippen molar-refractivity contribution in [3.05, 3.63) is 0 Å². The SMILES string of the molecule is CCOP(=O)(OCC)[C@@H]1N[C@@]1(C)C#N. The Morgan fingerprint density at radius 2 is 2.00 bits per heavy atom. The molecule has 0 aromatic heterocycles. The van der Waals surface area contributed by atoms with Crippen LogP contribution < -0.4 is 5.32 Å². The molecule has 1 aliphatic heterocycles. The van der Waals surface area contributed by atoms with Gasteiger partial charge in [-0.05, 0) is 20.8 Å². The van der Waals surface area contributed by atoms with E-state index in [1.807, 2.05) is 6.07 Å². The molecule has 1 heterocycles. The van der Waals surface area contributed by atoms with Gasteiger partial charge in [0.05, 0.1) is 19.3 Å². The number of nitrogens with zero attached hydrogens (tertiary/aromatic N) is 1. The summed E-state index contributed by atoms with van der Waals surface area (Å²) in [6.07, 6.45) is 0. The molecule has 5 nitrogen and oxygen atoms in total. The molecule has 0 aromatic carbocycles. The fourth-order valence-corrected chi connectivity index (χ4v) is 3.49. The standard InChI is InChI=1S/C8H15N2O3P/c1-4-12-14(11,13-5-2)7-8(3,6-9)10-7/h7,10H,4-5H2,1-3H3/t7-,8-/m0/s1. The van der Waals surface area contributed by atoms with Gasteiger partial charge >= 0.3 is 7.60 Å². The molecule has 1 aliphatic rings. The maximum absolute atomic E-state index is 12.1. The average molecular weight is 218 g/mol. The van der Waals surface area contributed by atoms with Crippen molar-refractivity contribution in [2.45, 2.75) is 32.1 Å². The van der Waals surface area contributed by atoms with Gasteiger partial charge in [-0.1, -0.05) is 0 Å². The Bertz CT molecular complexity index is 291. The Morgan fingerprint density at radius 1 is 1.50 bits per heavy atom. The van der Waals surface area contributed by atoms with E-state index in [1.165, 1.54) is 0 Å². The predicted octanol–water partition coefficient (Wildman–Crippen LogP) is 1.46. The largest absolute Gasteiger partial charge is 0.350 e. The highest BCUT2D eigenvalue weighted by Gasteiger charge is 2.62. The Kier molecular flexibility index (Phi) is 3.33. The van der Waals surface area contributed by atoms with Crippen molar-refractivity contribution >= 4 is 7.60 Å². The Labute approximate surface area is 83.9 Å². The van der Waals surface area contributed by atoms with E-state index in [9.17, 15) is 4.57 Å². The quantitative estimate of drug-likeness (QED) is 0.558. The Morgan fingerprint density at radius 3 is 2.29 bits per heavy atom. The molecular weight excluding hydrogens is 203 g/mol. The number of rotatable bonds is 5. The molecule has 0 spiro atoms. The third-order valence-electron chi connectivity index (χ3n) is 2.07. The first kappa shape index (κ1) is 11.7. The third-order valence-corrected chi connectivity index (χ3v) is 4.58. The Hall–Kier alpha value is -0.400. The second kappa shape index (κ2) is 4.00. The maximum atomic E-state index is 12.1. The first-order chi connectivity index (χ1) is 6.52. The van der Waals surface area contributed by atoms with Crippen LogP contribution in [0.3, 0.4) is 0 Å². The average Bonchev–Trinajstić information content (AvgIpc) is 2.81. The van der Waals surface area contributed by atoms with Gasteiger partial charge in [-0.25, -0.2) is 0 Å². The summed E-state index contributed by atoms with van der Waals surface area (Å²) in [5.74, 6) is -0.486. The summed E-state index contributed by atoms with van der Waals surface area (Å²) in [6, 6.07) is 2.04. The summed E-state index contributed by atoms with van der Waals surface area (Å²) in [7, 11) is -3.15. The van der Waals surface area contributed by atoms with Crippen molar-refractivity contribution in [1.82, 2.24) is 5.32 Å². The van der Waals surface area contributed by atoms with Gasteiger partial charge in [0.1, 0.15) is 11.3 Å². The summed E-state index contributed by atoms with van der Waals surface area (Å²) >= 11 is 0. The lowest BCUT2D eigenvalue weighted by molar-refractivity contribution is 0.217. The zero-order valence-corrected chi connectivity index (χ0v) is 9.51. The summed E-state index contributed by atoms with van der Waals surface area (Å²) in [4.78, 5) is 0. The van der Waals surface area contributed by atoms with Crippen LogP contribution in [0.2, 0.25) is 0 Å². The molecule has 14 heavy (non-hydrogen) atoms. The van der Waals surface area contributed by atoms with Gasteiger partial charge in [-0.2, -0.15) is 5.26 Å². The van der Waals surface area contributed by atoms with E-state index in [0.29, 0.717) is 13.2 Å². The van der Waals surface area contributed by atoms with Crippen LogP contribution in [0, 0.1) is 11.3 Å². The first-order valence-corrected chi connectivity index (χ1v) is 6.21. The zero-order valence-electron chi connectivity index (χ0n) is 8.61. The van der Waals surface area contributed by atoms with E-state index in [0.717, 1.165) is 0 Å². The topological polar surface area (TPSA) is 81.3 Å². The van der Waals surface area contributed by atoms with Crippen molar-refractivity contribution < 1.29 is 13.6 Å². The minimum absolute atomic E-state index is 0.316. The van der Waals surface area contributed by atoms with Gasteiger partial charge in [-0.3, -0.25) is 9.88 Å². The molecule has 6 heteroatoms. The lowest BCUT2D eigenvalue weighted by Gasteiger charge is -2.15. The molecule has 0 amide bonds. The van der Waals surface area contributed by atoms with Crippen LogP contribution >= 0.6 is 7.60 Å². The monoisotopic (exact) mass is 218 g/mol. The molecule has 80 valence electrons. The summed E-state index contributed by atoms with van der Waals surface area (Å²) in [6.45, 7) is 5.81. The summed E-state index contributed by atoms with van der Waals surface area (Å²) in [5, 5.41) is 11.6. The highest BCUT2D eigenvalue weighted by Crippen LogP contribution is 2.61. The first-order valence-electron chi connectivity index (χ1n) is 4.60. The number of hydrogen-bond donors (Lipinski definition) is 1. The molecule has 0 unspecified atom stereocenters. The molecule has 0 bridgehead atoms. The van der Waals surface area contributed by atoms with Gasteiger partial charge in [0.2, 0.25) is 0 Å². The van der Waals surface area contributed by atoms with Gasteiger partial charge in [0.15, 0.2) is 0 Å². The predicted molar refractivity (Wildman–Crippen MR) is 51.8 cm³/mol. The van der Waals surface area contributed by atoms with E-state index >= 15 is 0 Å². The summed E-state index contributed by atoms with van der Waals surface area (Å²) in [5.41, 5.74) is -0.764. The molecule has 1 fully saturated rings. The molecule has 2 atom stereocenters. The molecule has 0 radical (unpaired) electrons. The normalized spacial score (nSPS) is 31.1. The lowest BCUT2D eigenvalue weighted by Crippen LogP contribution is -2.10. The molecule has 0 aliphatic carbocycles. The van der Waals surface area contributed by atoms with Gasteiger partial charge < -0.3 is 9.05 Å². The molecule has 0 saturated carbocycles. The second-order valence-corrected chi connectivity index (χ2v) is 5.35. The van der Waals surface area contributed by atoms with Crippen LogP contribution in [0.15, 0.2) is 0 Å². The van der Waals surface area contributed by atoms with Crippen molar-refractivity contribution in [2.75, 3.05) is 13.2 Å². The van der Waals surface area contributed by atoms with Crippen LogP contribution in [-0.2, 0) is 13.6 Å². The van der Waals surface area contributed by atoms with E-state index in [4.69, 9.17) is 14.3 Å². The fraction of sp³-hybridized carbons (Fsp3) is 0.875. The fourth-order valence-electron chi connectivity index (χ4n) is 1.28. The highest BCUT2D eigenvalue weighted by atomic mass is 31.2. The van der Waals surface area contributed by atoms with Gasteiger partial charge in [0.25, 0.3) is 0 Å². The van der Waals surface area contributed by atoms with Crippen LogP contribution in [0.5, 0.6) is 0 Å². The smallest absolute Gasteiger partial charge is 0.308 e. The molecular formula is C8H15N2O3P. The lowest BCUT2D eigenvalue weighted by atomic mass is 10.2. The van der Waals surface area contributed by atoms with Gasteiger partial charge in [-0.15, -0.1) is 0 Å². The molecule has 1 saturated heterocycles. The zero-order chi connectivity index (χ0) is 10.8. The minimum Gasteiger partial charge on any atom is -0.308 e. The third kappa shape index (κ3) is 1.99. The van der Waals surface area contributed by atoms with E-state index in [-0.39, 0.29) is 0 Å². The minimum atomic E-state index is -3.15. The van der Waals surface area contributed by atoms with Crippen molar-refractivity contribution in [1.29, 1.82) is 5.26 Å². The number of hydrogen-bond acceptors (Lipinski definition) is 5. The van der Waals surface area contributed by atoms with E-state index in [2.05, 4.69) is 5.32 Å². The van der Waals surface area contributed by atoms with Crippen LogP contribution in [-0.4, -0.2) is 24.5 Å². The van der Waals surface area contributed by atoms with Crippen molar-refractivity contribution in [2.24, 2.45) is 0 Å². The Balaban J connectivity index is 2.73. The van der Waals surface area contributed by atoms with Crippen molar-refractivity contribution in [3.8, 4) is 6.07 Å². The van der Waals surface area contributed by atoms with Crippen LogP contribution in [0.1, 0.15) is 20.8 Å². The second-order valence-electron chi connectivity index (χ2n) is 3.24. The molecule has 0 aromatic rings. The van der Waals surface area contributed by atoms with Gasteiger partial charge in [0, 0.05) is 0 Å². The van der Waals surface area contributed by atoms with Crippen molar-refractivity contribution in [3.63, 3.8) is 0 Å². The highest BCUT2D eigenvalue weighted by molar-refractivity contribution is 7.55. The van der Waals surface area contributed by atoms with E-state index < -0.39 is 18.9 Å². The summed E-state index contributed by atoms with van der Waals surface area (Å²) < 4.78 is 22.3. The number of nitriles is 1. The number of nitrogens with one attached hydrogen (secondary N) is 1. The maximum Gasteiger partial charge on any atom is 0.350 e. The van der Waals surface area contributed by atoms with E-state index in [1.54, 1.807) is 20.8 Å². The van der Waals surface area contributed by atoms with Crippen LogP contribution in [0.4, 0.5) is 0 Å².